The van der Waals surface area contributed by atoms with Gasteiger partial charge in [0.1, 0.15) is 0 Å². The number of nitrogens with one attached hydrogen (secondary N) is 1. The number of para-hydroxylation sites is 2. The first-order valence-corrected chi connectivity index (χ1v) is 12.2. The topological polar surface area (TPSA) is 53.5 Å². The smallest absolute Gasteiger partial charge is 0.161 e. The summed E-state index contributed by atoms with van der Waals surface area (Å²) in [6, 6.07) is 44.6. The molecule has 0 aliphatic carbocycles. The number of rotatable bonds is 4. The van der Waals surface area contributed by atoms with Crippen LogP contribution in [0, 0.1) is 5.41 Å². The zero-order valence-electron chi connectivity index (χ0n) is 20.1. The normalized spacial score (nSPS) is 11.9. The van der Waals surface area contributed by atoms with Crippen LogP contribution in [0.25, 0.3) is 27.5 Å². The number of benzene rings is 5. The maximum absolute atomic E-state index is 8.63. The molecule has 0 atom stereocenters. The quantitative estimate of drug-likeness (QED) is 0.200. The van der Waals surface area contributed by atoms with Crippen LogP contribution in [0.3, 0.4) is 0 Å². The van der Waals surface area contributed by atoms with Gasteiger partial charge in [-0.1, -0.05) is 109 Å². The highest BCUT2D eigenvalue weighted by molar-refractivity contribution is 6.14. The van der Waals surface area contributed by atoms with Crippen LogP contribution in [0.5, 0.6) is 0 Å². The van der Waals surface area contributed by atoms with Gasteiger partial charge in [0, 0.05) is 33.8 Å². The second-order valence-electron chi connectivity index (χ2n) is 8.74. The zero-order valence-corrected chi connectivity index (χ0v) is 20.1. The van der Waals surface area contributed by atoms with Gasteiger partial charge < -0.3 is 4.57 Å². The van der Waals surface area contributed by atoms with E-state index in [0.717, 1.165) is 33.4 Å². The summed E-state index contributed by atoms with van der Waals surface area (Å²) in [7, 11) is 0. The lowest BCUT2D eigenvalue weighted by atomic mass is 10.1. The molecule has 0 spiro atoms. The molecule has 37 heavy (non-hydrogen) atoms. The number of hydrogen-bond acceptors (Lipinski definition) is 1. The van der Waals surface area contributed by atoms with Crippen molar-refractivity contribution in [2.75, 3.05) is 0 Å². The van der Waals surface area contributed by atoms with E-state index in [1.807, 2.05) is 72.8 Å². The summed E-state index contributed by atoms with van der Waals surface area (Å²) in [5, 5.41) is 11.1. The number of aromatic nitrogens is 1. The van der Waals surface area contributed by atoms with E-state index in [9.17, 15) is 0 Å². The number of aliphatic imine (C=N–C) groups is 2. The molecule has 1 N–H and O–H groups in total. The highest BCUT2D eigenvalue weighted by atomic mass is 15.0. The standard InChI is InChI=1S/C33H24N4/c34-32(25-14-5-2-6-15-25)36-33(35-23-24-12-3-1-4-13-24)26-16-11-17-27(22-26)37-30-20-9-7-18-28(30)29-19-8-10-21-31(29)37/h1-23,34H. The van der Waals surface area contributed by atoms with Gasteiger partial charge in [-0.25, -0.2) is 9.98 Å². The van der Waals surface area contributed by atoms with Gasteiger partial charge in [-0.3, -0.25) is 5.41 Å². The molecule has 0 aliphatic heterocycles. The molecule has 0 bridgehead atoms. The lowest BCUT2D eigenvalue weighted by molar-refractivity contribution is 1.18. The van der Waals surface area contributed by atoms with Crippen molar-refractivity contribution in [3.05, 3.63) is 150 Å². The van der Waals surface area contributed by atoms with Gasteiger partial charge in [0.15, 0.2) is 11.7 Å². The number of amidine groups is 2. The monoisotopic (exact) mass is 476 g/mol. The van der Waals surface area contributed by atoms with Crippen LogP contribution in [0.4, 0.5) is 0 Å². The molecule has 4 nitrogen and oxygen atoms in total. The molecule has 5 aromatic carbocycles. The van der Waals surface area contributed by atoms with Gasteiger partial charge in [0.25, 0.3) is 0 Å². The molecule has 1 heterocycles. The van der Waals surface area contributed by atoms with E-state index in [4.69, 9.17) is 10.4 Å². The van der Waals surface area contributed by atoms with Crippen molar-refractivity contribution in [3.63, 3.8) is 0 Å². The first-order valence-electron chi connectivity index (χ1n) is 12.2. The summed E-state index contributed by atoms with van der Waals surface area (Å²) in [5.74, 6) is 0.656. The van der Waals surface area contributed by atoms with Crippen molar-refractivity contribution in [2.24, 2.45) is 9.98 Å². The molecule has 1 aromatic heterocycles. The predicted molar refractivity (Wildman–Crippen MR) is 155 cm³/mol. The van der Waals surface area contributed by atoms with E-state index in [0.29, 0.717) is 5.84 Å². The Balaban J connectivity index is 1.50. The van der Waals surface area contributed by atoms with Gasteiger partial charge in [-0.15, -0.1) is 0 Å². The Morgan fingerprint density at radius 2 is 1.16 bits per heavy atom. The van der Waals surface area contributed by atoms with Gasteiger partial charge in [0.2, 0.25) is 0 Å². The van der Waals surface area contributed by atoms with Crippen LogP contribution < -0.4 is 0 Å². The summed E-state index contributed by atoms with van der Waals surface area (Å²) in [6.07, 6.45) is 1.80. The minimum atomic E-state index is 0.170. The lowest BCUT2D eigenvalue weighted by Crippen LogP contribution is -2.06. The first kappa shape index (κ1) is 22.4. The Morgan fingerprint density at radius 3 is 1.84 bits per heavy atom. The van der Waals surface area contributed by atoms with Crippen molar-refractivity contribution >= 4 is 39.7 Å². The average molecular weight is 477 g/mol. The Hall–Kier alpha value is -5.09. The van der Waals surface area contributed by atoms with Gasteiger partial charge >= 0.3 is 0 Å². The molecule has 0 aliphatic rings. The molecule has 4 heteroatoms. The number of fused-ring (bicyclic) bond motifs is 3. The van der Waals surface area contributed by atoms with Crippen molar-refractivity contribution in [1.82, 2.24) is 4.57 Å². The van der Waals surface area contributed by atoms with Gasteiger partial charge in [0.05, 0.1) is 11.0 Å². The first-order chi connectivity index (χ1) is 18.3. The number of nitrogens with zero attached hydrogens (tertiary/aromatic N) is 3. The minimum absolute atomic E-state index is 0.170. The molecule has 0 fully saturated rings. The summed E-state index contributed by atoms with van der Waals surface area (Å²) in [5.41, 5.74) is 5.86. The van der Waals surface area contributed by atoms with E-state index in [1.165, 1.54) is 10.8 Å². The van der Waals surface area contributed by atoms with Crippen LogP contribution in [0.1, 0.15) is 16.7 Å². The summed E-state index contributed by atoms with van der Waals surface area (Å²) < 4.78 is 2.27. The van der Waals surface area contributed by atoms with Gasteiger partial charge in [-0.05, 0) is 29.8 Å². The van der Waals surface area contributed by atoms with Crippen molar-refractivity contribution in [2.45, 2.75) is 0 Å². The molecular weight excluding hydrogens is 452 g/mol. The third-order valence-electron chi connectivity index (χ3n) is 6.34. The minimum Gasteiger partial charge on any atom is -0.309 e. The second kappa shape index (κ2) is 9.88. The molecule has 0 radical (unpaired) electrons. The molecule has 6 aromatic rings. The van der Waals surface area contributed by atoms with E-state index in [2.05, 4.69) is 70.2 Å². The van der Waals surface area contributed by atoms with Crippen LogP contribution in [0.2, 0.25) is 0 Å². The average Bonchev–Trinajstić information content (AvgIpc) is 3.31. The van der Waals surface area contributed by atoms with E-state index < -0.39 is 0 Å². The Morgan fingerprint density at radius 1 is 0.595 bits per heavy atom. The predicted octanol–water partition coefficient (Wildman–Crippen LogP) is 7.67. The van der Waals surface area contributed by atoms with Gasteiger partial charge in [-0.2, -0.15) is 0 Å². The molecule has 0 unspecified atom stereocenters. The zero-order chi connectivity index (χ0) is 25.0. The van der Waals surface area contributed by atoms with E-state index in [-0.39, 0.29) is 5.84 Å². The SMILES string of the molecule is N=C(N=C(N=Cc1ccccc1)c1cccc(-n2c3ccccc3c3ccccc32)c1)c1ccccc1. The van der Waals surface area contributed by atoms with Crippen molar-refractivity contribution < 1.29 is 0 Å². The Labute approximate surface area is 215 Å². The Bertz CT molecular complexity index is 1720. The summed E-state index contributed by atoms with van der Waals surface area (Å²) >= 11 is 0. The third kappa shape index (κ3) is 4.48. The largest absolute Gasteiger partial charge is 0.309 e. The molecule has 0 saturated heterocycles. The van der Waals surface area contributed by atoms with Crippen molar-refractivity contribution in [1.29, 1.82) is 5.41 Å². The maximum atomic E-state index is 8.63. The van der Waals surface area contributed by atoms with Crippen LogP contribution >= 0.6 is 0 Å². The molecule has 0 saturated carbocycles. The molecule has 176 valence electrons. The summed E-state index contributed by atoms with van der Waals surface area (Å²) in [6.45, 7) is 0. The molecular formula is C33H24N4. The fourth-order valence-electron chi connectivity index (χ4n) is 4.59. The van der Waals surface area contributed by atoms with Crippen LogP contribution in [-0.4, -0.2) is 22.5 Å². The van der Waals surface area contributed by atoms with Crippen LogP contribution in [0.15, 0.2) is 143 Å². The highest BCUT2D eigenvalue weighted by Gasteiger charge is 2.13. The maximum Gasteiger partial charge on any atom is 0.161 e. The third-order valence-corrected chi connectivity index (χ3v) is 6.34. The van der Waals surface area contributed by atoms with Crippen LogP contribution in [-0.2, 0) is 0 Å². The lowest BCUT2D eigenvalue weighted by Gasteiger charge is -2.10. The fourth-order valence-corrected chi connectivity index (χ4v) is 4.59. The van der Waals surface area contributed by atoms with E-state index >= 15 is 0 Å². The molecule has 0 amide bonds. The molecule has 6 rings (SSSR count). The highest BCUT2D eigenvalue weighted by Crippen LogP contribution is 2.32. The Kier molecular flexibility index (Phi) is 5.97. The van der Waals surface area contributed by atoms with Crippen molar-refractivity contribution in [3.8, 4) is 5.69 Å². The summed E-state index contributed by atoms with van der Waals surface area (Å²) in [4.78, 5) is 9.42. The number of hydrogen-bond donors (Lipinski definition) is 1. The van der Waals surface area contributed by atoms with E-state index in [1.54, 1.807) is 6.21 Å². The second-order valence-corrected chi connectivity index (χ2v) is 8.74. The fraction of sp³-hybridized carbons (Fsp3) is 0.